The van der Waals surface area contributed by atoms with Crippen molar-refractivity contribution < 1.29 is 19.1 Å². The van der Waals surface area contributed by atoms with Crippen molar-refractivity contribution in [1.82, 2.24) is 0 Å². The average molecular weight is 314 g/mol. The summed E-state index contributed by atoms with van der Waals surface area (Å²) >= 11 is 0. The van der Waals surface area contributed by atoms with Crippen LogP contribution in [-0.4, -0.2) is 18.0 Å². The molecule has 0 N–H and O–H groups in total. The van der Waals surface area contributed by atoms with Gasteiger partial charge < -0.3 is 9.47 Å². The average Bonchev–Trinajstić information content (AvgIpc) is 2.57. The maximum absolute atomic E-state index is 12.1. The smallest absolute Gasteiger partial charge is 0.338 e. The van der Waals surface area contributed by atoms with Crippen molar-refractivity contribution in [2.45, 2.75) is 38.7 Å². The molecule has 1 aliphatic carbocycles. The minimum atomic E-state index is -0.533. The minimum Gasteiger partial charge on any atom is -0.455 e. The van der Waals surface area contributed by atoms with Gasteiger partial charge in [0.05, 0.1) is 5.56 Å². The topological polar surface area (TPSA) is 52.6 Å². The molecule has 0 bridgehead atoms. The molecule has 0 radical (unpaired) electrons. The lowest BCUT2D eigenvalue weighted by Crippen LogP contribution is -2.20. The van der Waals surface area contributed by atoms with Gasteiger partial charge in [0.2, 0.25) is 0 Å². The summed E-state index contributed by atoms with van der Waals surface area (Å²) in [5.41, 5.74) is 0.437. The van der Waals surface area contributed by atoms with E-state index in [2.05, 4.69) is 19.6 Å². The van der Waals surface area contributed by atoms with E-state index in [1.165, 1.54) is 12.8 Å². The van der Waals surface area contributed by atoms with Crippen LogP contribution in [0.2, 0.25) is 0 Å². The van der Waals surface area contributed by atoms with Crippen LogP contribution in [-0.2, 0) is 9.53 Å². The van der Waals surface area contributed by atoms with Crippen LogP contribution in [0.25, 0.3) is 0 Å². The highest BCUT2D eigenvalue weighted by atomic mass is 16.5. The van der Waals surface area contributed by atoms with Gasteiger partial charge in [0, 0.05) is 6.08 Å². The molecule has 2 atom stereocenters. The fourth-order valence-corrected chi connectivity index (χ4v) is 2.58. The van der Waals surface area contributed by atoms with Crippen molar-refractivity contribution in [3.63, 3.8) is 0 Å². The lowest BCUT2D eigenvalue weighted by molar-refractivity contribution is -0.128. The molecule has 0 fully saturated rings. The molecular weight excluding hydrogens is 292 g/mol. The van der Waals surface area contributed by atoms with Crippen molar-refractivity contribution in [2.75, 3.05) is 0 Å². The predicted octanol–water partition coefficient (Wildman–Crippen LogP) is 4.07. The number of allylic oxidation sites excluding steroid dienone is 1. The van der Waals surface area contributed by atoms with Crippen LogP contribution in [0.5, 0.6) is 5.75 Å². The Morgan fingerprint density at radius 2 is 1.96 bits per heavy atom. The monoisotopic (exact) mass is 314 g/mol. The van der Waals surface area contributed by atoms with Gasteiger partial charge in [0.15, 0.2) is 0 Å². The molecule has 2 unspecified atom stereocenters. The van der Waals surface area contributed by atoms with Crippen LogP contribution in [0.4, 0.5) is 0 Å². The summed E-state index contributed by atoms with van der Waals surface area (Å²) < 4.78 is 10.5. The van der Waals surface area contributed by atoms with Gasteiger partial charge in [-0.15, -0.1) is 0 Å². The Labute approximate surface area is 136 Å². The summed E-state index contributed by atoms with van der Waals surface area (Å²) in [6, 6.07) is 6.29. The Balaban J connectivity index is 1.90. The summed E-state index contributed by atoms with van der Waals surface area (Å²) in [5, 5.41) is 0. The van der Waals surface area contributed by atoms with E-state index in [0.717, 1.165) is 18.9 Å². The van der Waals surface area contributed by atoms with Crippen LogP contribution in [0.15, 0.2) is 49.1 Å². The molecule has 0 aliphatic heterocycles. The molecule has 0 spiro atoms. The zero-order valence-corrected chi connectivity index (χ0v) is 13.4. The maximum atomic E-state index is 12.1. The van der Waals surface area contributed by atoms with Gasteiger partial charge in [-0.25, -0.2) is 9.59 Å². The molecule has 0 saturated heterocycles. The predicted molar refractivity (Wildman–Crippen MR) is 88.2 cm³/mol. The third kappa shape index (κ3) is 5.09. The number of carbonyl (C=O) groups excluding carboxylic acids is 2. The van der Waals surface area contributed by atoms with Crippen LogP contribution < -0.4 is 4.74 Å². The molecule has 1 aromatic carbocycles. The van der Waals surface area contributed by atoms with Gasteiger partial charge in [-0.05, 0) is 55.5 Å². The Bertz CT molecular complexity index is 586. The fourth-order valence-electron chi connectivity index (χ4n) is 2.58. The summed E-state index contributed by atoms with van der Waals surface area (Å²) in [5.74, 6) is 0.0738. The SMILES string of the molecule is C=CC(=O)Oc1ccc(C(=O)OC2C=CC(CCC)CC2)cc1. The maximum Gasteiger partial charge on any atom is 0.338 e. The normalized spacial score (nSPS) is 19.9. The van der Waals surface area contributed by atoms with Gasteiger partial charge in [0.1, 0.15) is 11.9 Å². The number of hydrogen-bond donors (Lipinski definition) is 0. The van der Waals surface area contributed by atoms with E-state index in [1.807, 2.05) is 6.08 Å². The second-order valence-corrected chi connectivity index (χ2v) is 5.60. The third-order valence-corrected chi connectivity index (χ3v) is 3.81. The highest BCUT2D eigenvalue weighted by Gasteiger charge is 2.19. The summed E-state index contributed by atoms with van der Waals surface area (Å²) in [4.78, 5) is 23.2. The molecule has 0 heterocycles. The Hall–Kier alpha value is -2.36. The quantitative estimate of drug-likeness (QED) is 0.344. The molecule has 122 valence electrons. The Morgan fingerprint density at radius 1 is 1.22 bits per heavy atom. The zero-order valence-electron chi connectivity index (χ0n) is 13.4. The molecule has 1 aliphatic rings. The standard InChI is InChI=1S/C19H22O4/c1-3-5-14-6-10-17(11-7-14)23-19(21)15-8-12-16(13-9-15)22-18(20)4-2/h4,6,8-10,12-14,17H,2-3,5,7,11H2,1H3. The van der Waals surface area contributed by atoms with E-state index >= 15 is 0 Å². The van der Waals surface area contributed by atoms with Gasteiger partial charge in [0.25, 0.3) is 0 Å². The van der Waals surface area contributed by atoms with Crippen LogP contribution >= 0.6 is 0 Å². The molecule has 0 amide bonds. The first-order valence-corrected chi connectivity index (χ1v) is 7.96. The number of carbonyl (C=O) groups is 2. The van der Waals surface area contributed by atoms with Gasteiger partial charge in [-0.3, -0.25) is 0 Å². The number of ether oxygens (including phenoxy) is 2. The zero-order chi connectivity index (χ0) is 16.7. The largest absolute Gasteiger partial charge is 0.455 e. The molecule has 23 heavy (non-hydrogen) atoms. The summed E-state index contributed by atoms with van der Waals surface area (Å²) in [7, 11) is 0. The van der Waals surface area contributed by atoms with E-state index < -0.39 is 5.97 Å². The first-order chi connectivity index (χ1) is 11.1. The fraction of sp³-hybridized carbons (Fsp3) is 0.368. The van der Waals surface area contributed by atoms with Crippen molar-refractivity contribution in [3.05, 3.63) is 54.6 Å². The van der Waals surface area contributed by atoms with Crippen LogP contribution in [0.3, 0.4) is 0 Å². The molecule has 0 aromatic heterocycles. The number of benzene rings is 1. The lowest BCUT2D eigenvalue weighted by Gasteiger charge is -2.22. The molecule has 4 heteroatoms. The molecular formula is C19H22O4. The number of rotatable bonds is 6. The molecule has 0 saturated carbocycles. The third-order valence-electron chi connectivity index (χ3n) is 3.81. The van der Waals surface area contributed by atoms with Crippen molar-refractivity contribution in [3.8, 4) is 5.75 Å². The van der Waals surface area contributed by atoms with Crippen molar-refractivity contribution >= 4 is 11.9 Å². The Morgan fingerprint density at radius 3 is 2.52 bits per heavy atom. The van der Waals surface area contributed by atoms with Gasteiger partial charge in [-0.1, -0.05) is 26.0 Å². The van der Waals surface area contributed by atoms with Gasteiger partial charge in [-0.2, -0.15) is 0 Å². The molecule has 1 aromatic rings. The second-order valence-electron chi connectivity index (χ2n) is 5.60. The second kappa shape index (κ2) is 8.32. The molecule has 2 rings (SSSR count). The van der Waals surface area contributed by atoms with E-state index in [-0.39, 0.29) is 12.1 Å². The number of esters is 2. The highest BCUT2D eigenvalue weighted by molar-refractivity contribution is 5.90. The van der Waals surface area contributed by atoms with Gasteiger partial charge >= 0.3 is 11.9 Å². The van der Waals surface area contributed by atoms with E-state index in [4.69, 9.17) is 9.47 Å². The lowest BCUT2D eigenvalue weighted by atomic mass is 9.91. The summed E-state index contributed by atoms with van der Waals surface area (Å²) in [6.45, 7) is 5.51. The molecule has 4 nitrogen and oxygen atoms in total. The van der Waals surface area contributed by atoms with Crippen LogP contribution in [0.1, 0.15) is 43.0 Å². The van der Waals surface area contributed by atoms with Crippen molar-refractivity contribution in [1.29, 1.82) is 0 Å². The first-order valence-electron chi connectivity index (χ1n) is 7.96. The number of hydrogen-bond acceptors (Lipinski definition) is 4. The summed E-state index contributed by atoms with van der Waals surface area (Å²) in [6.07, 6.45) is 9.34. The Kier molecular flexibility index (Phi) is 6.15. The minimum absolute atomic E-state index is 0.158. The first kappa shape index (κ1) is 17.0. The van der Waals surface area contributed by atoms with Crippen molar-refractivity contribution in [2.24, 2.45) is 5.92 Å². The van der Waals surface area contributed by atoms with Crippen LogP contribution in [0, 0.1) is 5.92 Å². The van der Waals surface area contributed by atoms with E-state index in [0.29, 0.717) is 17.2 Å². The van der Waals surface area contributed by atoms with E-state index in [9.17, 15) is 9.59 Å². The van der Waals surface area contributed by atoms with E-state index in [1.54, 1.807) is 24.3 Å². The highest BCUT2D eigenvalue weighted by Crippen LogP contribution is 2.24.